The van der Waals surface area contributed by atoms with Crippen molar-refractivity contribution in [1.29, 1.82) is 0 Å². The molecule has 0 aliphatic carbocycles. The van der Waals surface area contributed by atoms with E-state index in [9.17, 15) is 14.7 Å². The normalized spacial score (nSPS) is 15.8. The fourth-order valence-electron chi connectivity index (χ4n) is 3.45. The number of aliphatic hydroxyl groups excluding tert-OH is 1. The lowest BCUT2D eigenvalue weighted by molar-refractivity contribution is -0.873. The lowest BCUT2D eigenvalue weighted by Crippen LogP contribution is -2.44. The van der Waals surface area contributed by atoms with E-state index in [1.54, 1.807) is 0 Å². The van der Waals surface area contributed by atoms with Gasteiger partial charge in [-0.05, 0) is 32.1 Å². The molecule has 0 fully saturated rings. The van der Waals surface area contributed by atoms with Crippen LogP contribution in [0.5, 0.6) is 0 Å². The van der Waals surface area contributed by atoms with E-state index in [1.807, 2.05) is 21.1 Å². The summed E-state index contributed by atoms with van der Waals surface area (Å²) in [5.74, 6) is -1.56. The largest absolute Gasteiger partial charge is 0.481 e. The van der Waals surface area contributed by atoms with E-state index in [1.165, 1.54) is 0 Å². The van der Waals surface area contributed by atoms with Crippen LogP contribution in [-0.4, -0.2) is 66.5 Å². The number of unbranched alkanes of at least 4 members (excludes halogenated alkanes) is 8. The third-order valence-electron chi connectivity index (χ3n) is 4.98. The predicted molar refractivity (Wildman–Crippen MR) is 126 cm³/mol. The zero-order chi connectivity index (χ0) is 26.0. The Kier molecular flexibility index (Phi) is 14.2. The smallest absolute Gasteiger partial charge is 0.308 e. The molecule has 0 saturated heterocycles. The third kappa shape index (κ3) is 21.6. The number of carboxylic acid groups (broad SMARTS) is 1. The first-order valence-corrected chi connectivity index (χ1v) is 11.8. The highest BCUT2D eigenvalue weighted by Crippen LogP contribution is 2.12. The van der Waals surface area contributed by atoms with Gasteiger partial charge in [-0.25, -0.2) is 0 Å². The predicted octanol–water partition coefficient (Wildman–Crippen LogP) is 5.09. The maximum absolute atomic E-state index is 12.1. The highest BCUT2D eigenvalue weighted by molar-refractivity contribution is 5.71. The number of aliphatic carboxylic acids is 1. The number of ether oxygens (including phenoxy) is 1. The molecule has 0 radical (unpaired) electrons. The average Bonchev–Trinajstić information content (AvgIpc) is 2.65. The molecule has 0 rings (SSSR count). The van der Waals surface area contributed by atoms with Crippen LogP contribution in [0.15, 0.2) is 12.2 Å². The Balaban J connectivity index is 3.78. The highest BCUT2D eigenvalue weighted by Gasteiger charge is 2.25. The first-order chi connectivity index (χ1) is 15.8. The van der Waals surface area contributed by atoms with Crippen molar-refractivity contribution < 1.29 is 33.1 Å². The minimum atomic E-state index is -1.79. The quantitative estimate of drug-likeness (QED) is 0.118. The molecular formula is C25H48NO5+. The summed E-state index contributed by atoms with van der Waals surface area (Å²) in [5, 5.41) is 19.1. The van der Waals surface area contributed by atoms with Gasteiger partial charge in [0.05, 0.1) is 40.1 Å². The summed E-state index contributed by atoms with van der Waals surface area (Å²) in [7, 11) is 5.71. The van der Waals surface area contributed by atoms with E-state index in [-0.39, 0.29) is 12.8 Å². The molecule has 0 aliphatic heterocycles. The fourth-order valence-corrected chi connectivity index (χ4v) is 3.45. The van der Waals surface area contributed by atoms with E-state index in [2.05, 4.69) is 12.2 Å². The number of carbonyl (C=O) groups is 2. The number of hydrogen-bond donors (Lipinski definition) is 2. The number of allylic oxidation sites excluding steroid dienone is 2. The van der Waals surface area contributed by atoms with Crippen LogP contribution < -0.4 is 0 Å². The third-order valence-corrected chi connectivity index (χ3v) is 4.98. The molecule has 0 aromatic heterocycles. The van der Waals surface area contributed by atoms with Crippen LogP contribution in [0, 0.1) is 0 Å². The Hall–Kier alpha value is -1.40. The zero-order valence-electron chi connectivity index (χ0n) is 23.0. The highest BCUT2D eigenvalue weighted by atomic mass is 16.5. The summed E-state index contributed by atoms with van der Waals surface area (Å²) in [6.07, 6.45) is 13.5. The minimum Gasteiger partial charge on any atom is -0.481 e. The molecule has 0 bridgehead atoms. The molecule has 0 saturated carbocycles. The van der Waals surface area contributed by atoms with Crippen molar-refractivity contribution in [2.75, 3.05) is 27.7 Å². The molecule has 6 nitrogen and oxygen atoms in total. The van der Waals surface area contributed by atoms with Gasteiger partial charge in [0.15, 0.2) is 6.10 Å². The van der Waals surface area contributed by atoms with E-state index in [0.29, 0.717) is 23.9 Å². The lowest BCUT2D eigenvalue weighted by atomic mass is 10.1. The number of quaternary nitrogens is 1. The lowest BCUT2D eigenvalue weighted by Gasteiger charge is -2.28. The summed E-state index contributed by atoms with van der Waals surface area (Å²) in [4.78, 5) is 23.1. The summed E-state index contributed by atoms with van der Waals surface area (Å²) in [5.41, 5.74) is 0. The number of carboxylic acids is 1. The maximum Gasteiger partial charge on any atom is 0.308 e. The van der Waals surface area contributed by atoms with Crippen LogP contribution >= 0.6 is 0 Å². The van der Waals surface area contributed by atoms with Crippen LogP contribution in [0.1, 0.15) is 101 Å². The van der Waals surface area contributed by atoms with Gasteiger partial charge >= 0.3 is 11.9 Å². The molecular weight excluding hydrogens is 394 g/mol. The summed E-state index contributed by atoms with van der Waals surface area (Å²) in [6, 6.07) is 0. The Morgan fingerprint density at radius 1 is 0.935 bits per heavy atom. The van der Waals surface area contributed by atoms with Crippen LogP contribution in [0.2, 0.25) is 0 Å². The molecule has 1 unspecified atom stereocenters. The Morgan fingerprint density at radius 2 is 1.52 bits per heavy atom. The summed E-state index contributed by atoms with van der Waals surface area (Å²) in [6.45, 7) is -1.39. The standard InChI is InChI=1S/C25H47NO5/c1-5-6-7-8-9-10-11-12-13-14-15-16-17-18-22(27)19-25(30)31-23(20-24(28)29)21-26(2,3)4/h12-13,22-23,27H,5-11,14-21H2,1-4H3/p+1/b13-12-/t22?,23-/m1/s1/i1D3. The van der Waals surface area contributed by atoms with Gasteiger partial charge in [0, 0.05) is 4.11 Å². The maximum atomic E-state index is 12.1. The second kappa shape index (κ2) is 18.2. The average molecular weight is 446 g/mol. The number of rotatable bonds is 20. The van der Waals surface area contributed by atoms with Gasteiger partial charge in [-0.3, -0.25) is 9.59 Å². The van der Waals surface area contributed by atoms with E-state index in [0.717, 1.165) is 64.2 Å². The van der Waals surface area contributed by atoms with Crippen molar-refractivity contribution in [2.24, 2.45) is 0 Å². The van der Waals surface area contributed by atoms with Crippen molar-refractivity contribution >= 4 is 11.9 Å². The van der Waals surface area contributed by atoms with Crippen molar-refractivity contribution in [1.82, 2.24) is 0 Å². The Labute approximate surface area is 194 Å². The number of hydrogen-bond acceptors (Lipinski definition) is 4. The Morgan fingerprint density at radius 3 is 2.10 bits per heavy atom. The number of esters is 1. The minimum absolute atomic E-state index is 0.108. The van der Waals surface area contributed by atoms with Crippen LogP contribution in [0.25, 0.3) is 0 Å². The summed E-state index contributed by atoms with van der Waals surface area (Å²) >= 11 is 0. The first kappa shape index (κ1) is 24.2. The second-order valence-corrected chi connectivity index (χ2v) is 9.46. The van der Waals surface area contributed by atoms with Gasteiger partial charge in [-0.2, -0.15) is 0 Å². The molecule has 2 atom stereocenters. The van der Waals surface area contributed by atoms with Crippen molar-refractivity contribution in [3.05, 3.63) is 12.2 Å². The zero-order valence-corrected chi connectivity index (χ0v) is 20.0. The molecule has 0 aromatic rings. The molecule has 31 heavy (non-hydrogen) atoms. The Bertz CT molecular complexity index is 588. The van der Waals surface area contributed by atoms with Gasteiger partial charge in [0.1, 0.15) is 6.54 Å². The van der Waals surface area contributed by atoms with Gasteiger partial charge in [-0.1, -0.05) is 63.9 Å². The van der Waals surface area contributed by atoms with E-state index < -0.39 is 31.0 Å². The van der Waals surface area contributed by atoms with Gasteiger partial charge < -0.3 is 19.4 Å². The second-order valence-electron chi connectivity index (χ2n) is 9.46. The molecule has 6 heteroatoms. The summed E-state index contributed by atoms with van der Waals surface area (Å²) < 4.78 is 27.3. The number of likely N-dealkylation sites (N-methyl/N-ethyl adjacent to an activating group) is 1. The molecule has 2 N–H and O–H groups in total. The van der Waals surface area contributed by atoms with E-state index in [4.69, 9.17) is 14.0 Å². The fraction of sp³-hybridized carbons (Fsp3) is 0.840. The molecule has 182 valence electrons. The van der Waals surface area contributed by atoms with Crippen molar-refractivity contribution in [3.8, 4) is 0 Å². The first-order valence-electron chi connectivity index (χ1n) is 13.3. The molecule has 0 heterocycles. The van der Waals surface area contributed by atoms with Crippen molar-refractivity contribution in [3.63, 3.8) is 0 Å². The molecule has 0 amide bonds. The number of carbonyl (C=O) groups excluding carboxylic acids is 1. The molecule has 0 spiro atoms. The SMILES string of the molecule is [2H]C([2H])([2H])CCCCCCC/C=C\CCCCCC(O)CC(=O)O[C@H](CC(=O)O)C[N+](C)(C)C. The topological polar surface area (TPSA) is 83.8 Å². The van der Waals surface area contributed by atoms with Gasteiger partial charge in [0.25, 0.3) is 0 Å². The molecule has 0 aliphatic rings. The van der Waals surface area contributed by atoms with Crippen LogP contribution in [0.4, 0.5) is 0 Å². The van der Waals surface area contributed by atoms with Gasteiger partial charge in [-0.15, -0.1) is 0 Å². The van der Waals surface area contributed by atoms with E-state index >= 15 is 0 Å². The number of aliphatic hydroxyl groups is 1. The monoisotopic (exact) mass is 445 g/mol. The molecule has 0 aromatic carbocycles. The van der Waals surface area contributed by atoms with Gasteiger partial charge in [0.2, 0.25) is 0 Å². The van der Waals surface area contributed by atoms with Crippen LogP contribution in [-0.2, 0) is 14.3 Å². The number of nitrogens with zero attached hydrogens (tertiary/aromatic N) is 1. The van der Waals surface area contributed by atoms with Crippen molar-refractivity contribution in [2.45, 2.75) is 109 Å². The van der Waals surface area contributed by atoms with Crippen LogP contribution in [0.3, 0.4) is 0 Å².